The van der Waals surface area contributed by atoms with Crippen LogP contribution in [0.3, 0.4) is 0 Å². The van der Waals surface area contributed by atoms with Crippen LogP contribution in [0.15, 0.2) is 17.0 Å². The number of sulfonamides is 1. The molecule has 21 heavy (non-hydrogen) atoms. The average Bonchev–Trinajstić information content (AvgIpc) is 2.44. The van der Waals surface area contributed by atoms with Gasteiger partial charge in [0, 0.05) is 18.7 Å². The molecule has 0 unspecified atom stereocenters. The summed E-state index contributed by atoms with van der Waals surface area (Å²) in [5.41, 5.74) is 0.181. The summed E-state index contributed by atoms with van der Waals surface area (Å²) in [6, 6.07) is 2.33. The number of ether oxygens (including phenoxy) is 2. The zero-order valence-corrected chi connectivity index (χ0v) is 12.7. The van der Waals surface area contributed by atoms with Crippen molar-refractivity contribution in [1.29, 1.82) is 0 Å². The van der Waals surface area contributed by atoms with Crippen molar-refractivity contribution in [1.82, 2.24) is 4.31 Å². The third-order valence-corrected chi connectivity index (χ3v) is 4.60. The maximum absolute atomic E-state index is 12.4. The molecule has 0 aromatic heterocycles. The quantitative estimate of drug-likeness (QED) is 0.812. The first-order valence-corrected chi connectivity index (χ1v) is 7.32. The van der Waals surface area contributed by atoms with Gasteiger partial charge in [0.15, 0.2) is 11.5 Å². The molecule has 0 spiro atoms. The van der Waals surface area contributed by atoms with Crippen LogP contribution in [0.5, 0.6) is 11.5 Å². The van der Waals surface area contributed by atoms with Gasteiger partial charge in [-0.05, 0) is 6.07 Å². The molecule has 0 amide bonds. The molecule has 0 heterocycles. The molecule has 9 heteroatoms. The number of alkyl halides is 2. The summed E-state index contributed by atoms with van der Waals surface area (Å²) < 4.78 is 59.7. The van der Waals surface area contributed by atoms with E-state index in [1.807, 2.05) is 0 Å². The summed E-state index contributed by atoms with van der Waals surface area (Å²) in [5.74, 6) is 0.281. The highest BCUT2D eigenvalue weighted by Gasteiger charge is 2.26. The van der Waals surface area contributed by atoms with Gasteiger partial charge in [-0.15, -0.1) is 0 Å². The summed E-state index contributed by atoms with van der Waals surface area (Å²) >= 11 is 0. The first kappa shape index (κ1) is 17.6. The molecule has 0 atom stereocenters. The Morgan fingerprint density at radius 2 is 1.90 bits per heavy atom. The molecule has 1 aromatic carbocycles. The van der Waals surface area contributed by atoms with Gasteiger partial charge in [-0.25, -0.2) is 17.2 Å². The minimum absolute atomic E-state index is 0.0908. The van der Waals surface area contributed by atoms with E-state index in [1.165, 1.54) is 20.3 Å². The molecule has 0 saturated heterocycles. The fourth-order valence-corrected chi connectivity index (χ4v) is 2.97. The fraction of sp³-hybridized carbons (Fsp3) is 0.500. The molecule has 6 nitrogen and oxygen atoms in total. The van der Waals surface area contributed by atoms with Gasteiger partial charge in [-0.1, -0.05) is 0 Å². The van der Waals surface area contributed by atoms with Crippen LogP contribution in [0.2, 0.25) is 0 Å². The zero-order valence-electron chi connectivity index (χ0n) is 11.8. The lowest BCUT2D eigenvalue weighted by atomic mass is 10.2. The van der Waals surface area contributed by atoms with Crippen molar-refractivity contribution in [3.8, 4) is 11.5 Å². The SMILES string of the molecule is COc1cc(S(=O)(=O)N(C)CC(F)F)cc(CO)c1OC. The molecule has 0 aliphatic heterocycles. The van der Waals surface area contributed by atoms with Crippen molar-refractivity contribution in [3.63, 3.8) is 0 Å². The number of aliphatic hydroxyl groups excluding tert-OH is 1. The van der Waals surface area contributed by atoms with Crippen molar-refractivity contribution in [2.45, 2.75) is 17.9 Å². The molecule has 0 fully saturated rings. The minimum atomic E-state index is -4.12. The maximum atomic E-state index is 12.4. The fourth-order valence-electron chi connectivity index (χ4n) is 1.75. The Morgan fingerprint density at radius 3 is 2.33 bits per heavy atom. The van der Waals surface area contributed by atoms with Crippen LogP contribution in [-0.2, 0) is 16.6 Å². The van der Waals surface area contributed by atoms with Gasteiger partial charge >= 0.3 is 0 Å². The molecule has 0 saturated carbocycles. The Hall–Kier alpha value is -1.45. The number of hydrogen-bond acceptors (Lipinski definition) is 5. The van der Waals surface area contributed by atoms with Crippen molar-refractivity contribution >= 4 is 10.0 Å². The molecule has 0 radical (unpaired) electrons. The number of methoxy groups -OCH3 is 2. The third kappa shape index (κ3) is 3.80. The number of rotatable bonds is 7. The van der Waals surface area contributed by atoms with Gasteiger partial charge in [0.2, 0.25) is 10.0 Å². The van der Waals surface area contributed by atoms with E-state index in [0.29, 0.717) is 4.31 Å². The lowest BCUT2D eigenvalue weighted by Crippen LogP contribution is -2.31. The topological polar surface area (TPSA) is 76.1 Å². The van der Waals surface area contributed by atoms with E-state index in [-0.39, 0.29) is 22.0 Å². The standard InChI is InChI=1S/C12H17F2NO5S/c1-15(6-11(13)14)21(17,18)9-4-8(7-16)12(20-3)10(5-9)19-2/h4-5,11,16H,6-7H2,1-3H3. The first-order chi connectivity index (χ1) is 9.77. The largest absolute Gasteiger partial charge is 0.493 e. The first-order valence-electron chi connectivity index (χ1n) is 5.88. The van der Waals surface area contributed by atoms with Crippen LogP contribution < -0.4 is 9.47 Å². The van der Waals surface area contributed by atoms with Crippen LogP contribution in [0.1, 0.15) is 5.56 Å². The highest BCUT2D eigenvalue weighted by Crippen LogP contribution is 2.35. The lowest BCUT2D eigenvalue weighted by molar-refractivity contribution is 0.126. The van der Waals surface area contributed by atoms with Crippen molar-refractivity contribution in [2.24, 2.45) is 0 Å². The molecule has 0 aliphatic rings. The number of aliphatic hydroxyl groups is 1. The maximum Gasteiger partial charge on any atom is 0.252 e. The van der Waals surface area contributed by atoms with E-state index >= 15 is 0 Å². The van der Waals surface area contributed by atoms with E-state index < -0.39 is 29.6 Å². The van der Waals surface area contributed by atoms with Crippen LogP contribution in [0.4, 0.5) is 8.78 Å². The molecule has 1 aromatic rings. The van der Waals surface area contributed by atoms with Crippen molar-refractivity contribution < 1.29 is 31.8 Å². The lowest BCUT2D eigenvalue weighted by Gasteiger charge is -2.19. The predicted octanol–water partition coefficient (Wildman–Crippen LogP) is 1.08. The van der Waals surface area contributed by atoms with Crippen molar-refractivity contribution in [2.75, 3.05) is 27.8 Å². The highest BCUT2D eigenvalue weighted by molar-refractivity contribution is 7.89. The van der Waals surface area contributed by atoms with Gasteiger partial charge < -0.3 is 14.6 Å². The molecule has 0 aliphatic carbocycles. The van der Waals surface area contributed by atoms with E-state index in [2.05, 4.69) is 0 Å². The Balaban J connectivity index is 3.36. The molecule has 120 valence electrons. The van der Waals surface area contributed by atoms with E-state index in [1.54, 1.807) is 0 Å². The number of halogens is 2. The minimum Gasteiger partial charge on any atom is -0.493 e. The number of nitrogens with zero attached hydrogens (tertiary/aromatic N) is 1. The molecule has 0 bridgehead atoms. The summed E-state index contributed by atoms with van der Waals surface area (Å²) in [6.45, 7) is -1.41. The summed E-state index contributed by atoms with van der Waals surface area (Å²) in [7, 11) is -0.420. The van der Waals surface area contributed by atoms with Crippen LogP contribution in [0.25, 0.3) is 0 Å². The smallest absolute Gasteiger partial charge is 0.252 e. The normalized spacial score (nSPS) is 12.0. The van der Waals surface area contributed by atoms with Gasteiger partial charge in [-0.3, -0.25) is 0 Å². The molecule has 1 rings (SSSR count). The predicted molar refractivity (Wildman–Crippen MR) is 71.3 cm³/mol. The summed E-state index contributed by atoms with van der Waals surface area (Å²) in [6.07, 6.45) is -2.79. The van der Waals surface area contributed by atoms with Gasteiger partial charge in [0.05, 0.1) is 32.3 Å². The second-order valence-electron chi connectivity index (χ2n) is 4.15. The average molecular weight is 325 g/mol. The Kier molecular flexibility index (Phi) is 5.87. The second-order valence-corrected chi connectivity index (χ2v) is 6.20. The molecular weight excluding hydrogens is 308 g/mol. The monoisotopic (exact) mass is 325 g/mol. The third-order valence-electron chi connectivity index (χ3n) is 2.80. The van der Waals surface area contributed by atoms with Crippen LogP contribution in [0, 0.1) is 0 Å². The second kappa shape index (κ2) is 7.01. The summed E-state index contributed by atoms with van der Waals surface area (Å²) in [5, 5.41) is 9.28. The summed E-state index contributed by atoms with van der Waals surface area (Å²) in [4.78, 5) is -0.257. The molecular formula is C12H17F2NO5S. The number of hydrogen-bond donors (Lipinski definition) is 1. The molecule has 1 N–H and O–H groups in total. The zero-order chi connectivity index (χ0) is 16.2. The highest BCUT2D eigenvalue weighted by atomic mass is 32.2. The number of benzene rings is 1. The Morgan fingerprint density at radius 1 is 1.29 bits per heavy atom. The van der Waals surface area contributed by atoms with E-state index in [0.717, 1.165) is 13.1 Å². The van der Waals surface area contributed by atoms with Crippen LogP contribution >= 0.6 is 0 Å². The van der Waals surface area contributed by atoms with E-state index in [4.69, 9.17) is 9.47 Å². The Labute approximate surface area is 121 Å². The Bertz CT molecular complexity index is 566. The van der Waals surface area contributed by atoms with Crippen molar-refractivity contribution in [3.05, 3.63) is 17.7 Å². The van der Waals surface area contributed by atoms with E-state index in [9.17, 15) is 22.3 Å². The van der Waals surface area contributed by atoms with Gasteiger partial charge in [-0.2, -0.15) is 4.31 Å². The van der Waals surface area contributed by atoms with Gasteiger partial charge in [0.25, 0.3) is 6.43 Å². The van der Waals surface area contributed by atoms with Gasteiger partial charge in [0.1, 0.15) is 0 Å². The van der Waals surface area contributed by atoms with Crippen LogP contribution in [-0.4, -0.2) is 52.1 Å².